The Balaban J connectivity index is 1.86. The van der Waals surface area contributed by atoms with Gasteiger partial charge >= 0.3 is 0 Å². The quantitative estimate of drug-likeness (QED) is 0.889. The van der Waals surface area contributed by atoms with Gasteiger partial charge in [-0.2, -0.15) is 14.7 Å². The zero-order valence-electron chi connectivity index (χ0n) is 12.7. The molecular formula is C16H15ClN4O2S. The average Bonchev–Trinajstić information content (AvgIpc) is 3.05. The number of H-pyrrole nitrogens is 1. The molecule has 1 aromatic carbocycles. The minimum Gasteiger partial charge on any atom is -0.281 e. The van der Waals surface area contributed by atoms with Crippen LogP contribution in [0.15, 0.2) is 35.4 Å². The first-order chi connectivity index (χ1) is 11.5. The lowest BCUT2D eigenvalue weighted by Gasteiger charge is -2.46. The number of aromatic amines is 1. The summed E-state index contributed by atoms with van der Waals surface area (Å²) in [5.74, 6) is -0.527. The second kappa shape index (κ2) is 5.59. The summed E-state index contributed by atoms with van der Waals surface area (Å²) < 4.78 is 28.0. The first-order valence-electron chi connectivity index (χ1n) is 7.76. The number of nitrogens with one attached hydrogen (secondary N) is 1. The number of benzene rings is 1. The van der Waals surface area contributed by atoms with Crippen molar-refractivity contribution in [1.29, 1.82) is 5.26 Å². The average molecular weight is 363 g/mol. The van der Waals surface area contributed by atoms with Crippen molar-refractivity contribution in [2.45, 2.75) is 42.2 Å². The maximum Gasteiger partial charge on any atom is 0.243 e. The molecule has 0 saturated carbocycles. The van der Waals surface area contributed by atoms with Crippen molar-refractivity contribution >= 4 is 21.6 Å². The van der Waals surface area contributed by atoms with Crippen LogP contribution in [0.2, 0.25) is 5.02 Å². The van der Waals surface area contributed by atoms with Crippen LogP contribution in [0.5, 0.6) is 0 Å². The minimum absolute atomic E-state index is 0.201. The van der Waals surface area contributed by atoms with E-state index in [2.05, 4.69) is 16.3 Å². The van der Waals surface area contributed by atoms with Gasteiger partial charge in [-0.05, 0) is 43.5 Å². The van der Waals surface area contributed by atoms with Crippen LogP contribution in [-0.4, -0.2) is 29.0 Å². The monoisotopic (exact) mass is 362 g/mol. The number of rotatable bonds is 2. The van der Waals surface area contributed by atoms with Gasteiger partial charge in [0.2, 0.25) is 10.0 Å². The van der Waals surface area contributed by atoms with Crippen molar-refractivity contribution in [2.75, 3.05) is 0 Å². The Labute approximate surface area is 145 Å². The van der Waals surface area contributed by atoms with Gasteiger partial charge in [0.05, 0.1) is 28.9 Å². The Morgan fingerprint density at radius 2 is 2.04 bits per heavy atom. The number of hydrogen-bond acceptors (Lipinski definition) is 4. The van der Waals surface area contributed by atoms with Crippen molar-refractivity contribution in [2.24, 2.45) is 0 Å². The van der Waals surface area contributed by atoms with Crippen LogP contribution in [-0.2, 0) is 10.0 Å². The van der Waals surface area contributed by atoms with E-state index in [1.54, 1.807) is 18.3 Å². The first-order valence-corrected chi connectivity index (χ1v) is 9.57. The number of aromatic nitrogens is 2. The van der Waals surface area contributed by atoms with E-state index in [4.69, 9.17) is 11.6 Å². The molecule has 0 spiro atoms. The number of piperidine rings is 1. The van der Waals surface area contributed by atoms with E-state index >= 15 is 0 Å². The number of nitriles is 1. The molecule has 2 aliphatic rings. The molecule has 0 radical (unpaired) electrons. The summed E-state index contributed by atoms with van der Waals surface area (Å²) in [6, 6.07) is 7.78. The highest BCUT2D eigenvalue weighted by Crippen LogP contribution is 2.48. The van der Waals surface area contributed by atoms with E-state index in [-0.39, 0.29) is 17.0 Å². The summed E-state index contributed by atoms with van der Waals surface area (Å²) in [6.45, 7) is 0. The Bertz CT molecular complexity index is 916. The summed E-state index contributed by atoms with van der Waals surface area (Å²) in [5, 5.41) is 17.1. The maximum absolute atomic E-state index is 13.2. The highest BCUT2D eigenvalue weighted by atomic mass is 35.5. The molecule has 3 heterocycles. The highest BCUT2D eigenvalue weighted by Gasteiger charge is 2.50. The zero-order valence-corrected chi connectivity index (χ0v) is 14.3. The molecule has 3 atom stereocenters. The summed E-state index contributed by atoms with van der Waals surface area (Å²) in [7, 11) is -3.72. The lowest BCUT2D eigenvalue weighted by molar-refractivity contribution is 0.151. The second-order valence-electron chi connectivity index (χ2n) is 6.15. The normalized spacial score (nSPS) is 26.6. The molecule has 1 aromatic heterocycles. The van der Waals surface area contributed by atoms with Gasteiger partial charge in [0.25, 0.3) is 0 Å². The van der Waals surface area contributed by atoms with E-state index in [1.807, 2.05) is 0 Å². The molecule has 124 valence electrons. The third-order valence-electron chi connectivity index (χ3n) is 4.89. The van der Waals surface area contributed by atoms with Gasteiger partial charge in [0.1, 0.15) is 5.92 Å². The van der Waals surface area contributed by atoms with Gasteiger partial charge < -0.3 is 0 Å². The van der Waals surface area contributed by atoms with Gasteiger partial charge in [0.15, 0.2) is 0 Å². The Hall–Kier alpha value is -1.88. The van der Waals surface area contributed by atoms with Crippen LogP contribution in [0.3, 0.4) is 0 Å². The molecule has 0 amide bonds. The van der Waals surface area contributed by atoms with E-state index in [0.717, 1.165) is 24.1 Å². The second-order valence-corrected chi connectivity index (χ2v) is 8.43. The largest absolute Gasteiger partial charge is 0.281 e. The molecule has 6 nitrogen and oxygen atoms in total. The van der Waals surface area contributed by atoms with Crippen molar-refractivity contribution in [3.8, 4) is 6.07 Å². The SMILES string of the molecule is N#CC1c2[nH]ncc2C2CCCC1N2S(=O)(=O)c1ccc(Cl)cc1. The van der Waals surface area contributed by atoms with E-state index in [1.165, 1.54) is 16.4 Å². The molecule has 2 aromatic rings. The molecule has 2 bridgehead atoms. The van der Waals surface area contributed by atoms with Crippen LogP contribution in [0.1, 0.15) is 42.5 Å². The maximum atomic E-state index is 13.2. The highest BCUT2D eigenvalue weighted by molar-refractivity contribution is 7.89. The van der Waals surface area contributed by atoms with Crippen molar-refractivity contribution in [3.63, 3.8) is 0 Å². The van der Waals surface area contributed by atoms with Crippen LogP contribution in [0, 0.1) is 11.3 Å². The van der Waals surface area contributed by atoms with Gasteiger partial charge in [0, 0.05) is 16.6 Å². The van der Waals surface area contributed by atoms with E-state index in [0.29, 0.717) is 11.4 Å². The predicted octanol–water partition coefficient (Wildman–Crippen LogP) is 2.97. The van der Waals surface area contributed by atoms with Crippen molar-refractivity contribution in [1.82, 2.24) is 14.5 Å². The van der Waals surface area contributed by atoms with Gasteiger partial charge in [-0.3, -0.25) is 5.10 Å². The fourth-order valence-electron chi connectivity index (χ4n) is 3.85. The molecule has 8 heteroatoms. The predicted molar refractivity (Wildman–Crippen MR) is 87.8 cm³/mol. The minimum atomic E-state index is -3.72. The molecule has 1 N–H and O–H groups in total. The Morgan fingerprint density at radius 3 is 2.75 bits per heavy atom. The van der Waals surface area contributed by atoms with E-state index < -0.39 is 15.9 Å². The first kappa shape index (κ1) is 15.6. The molecule has 1 fully saturated rings. The third-order valence-corrected chi connectivity index (χ3v) is 7.09. The van der Waals surface area contributed by atoms with Crippen LogP contribution in [0.25, 0.3) is 0 Å². The van der Waals surface area contributed by atoms with Gasteiger partial charge in [-0.1, -0.05) is 11.6 Å². The van der Waals surface area contributed by atoms with Gasteiger partial charge in [-0.15, -0.1) is 0 Å². The van der Waals surface area contributed by atoms with Crippen molar-refractivity contribution in [3.05, 3.63) is 46.7 Å². The van der Waals surface area contributed by atoms with Crippen LogP contribution < -0.4 is 0 Å². The van der Waals surface area contributed by atoms with Crippen LogP contribution >= 0.6 is 11.6 Å². The smallest absolute Gasteiger partial charge is 0.243 e. The summed E-state index contributed by atoms with van der Waals surface area (Å²) in [4.78, 5) is 0.201. The molecule has 0 aliphatic carbocycles. The fraction of sp³-hybridized carbons (Fsp3) is 0.375. The number of fused-ring (bicyclic) bond motifs is 4. The molecule has 4 rings (SSSR count). The molecule has 3 unspecified atom stereocenters. The van der Waals surface area contributed by atoms with Crippen LogP contribution in [0.4, 0.5) is 0 Å². The lowest BCUT2D eigenvalue weighted by Crippen LogP contribution is -2.51. The Kier molecular flexibility index (Phi) is 3.64. The number of halogens is 1. The summed E-state index contributed by atoms with van der Waals surface area (Å²) >= 11 is 5.88. The zero-order chi connectivity index (χ0) is 16.9. The number of sulfonamides is 1. The summed E-state index contributed by atoms with van der Waals surface area (Å²) in [6.07, 6.45) is 3.94. The third kappa shape index (κ3) is 2.18. The number of hydrogen-bond donors (Lipinski definition) is 1. The molecule has 24 heavy (non-hydrogen) atoms. The molecule has 1 saturated heterocycles. The van der Waals surface area contributed by atoms with Gasteiger partial charge in [-0.25, -0.2) is 8.42 Å². The molecular weight excluding hydrogens is 348 g/mol. The van der Waals surface area contributed by atoms with Crippen molar-refractivity contribution < 1.29 is 8.42 Å². The standard InChI is InChI=1S/C16H15ClN4O2S/c17-10-4-6-11(7-5-10)24(22,23)21-14-2-1-3-15(21)13-9-19-20-16(13)12(14)8-18/h4-7,9,12,14-15H,1-3H2,(H,19,20). The topological polar surface area (TPSA) is 89.8 Å². The number of nitrogens with zero attached hydrogens (tertiary/aromatic N) is 3. The fourth-order valence-corrected chi connectivity index (χ4v) is 5.84. The summed E-state index contributed by atoms with van der Waals surface area (Å²) in [5.41, 5.74) is 1.57. The van der Waals surface area contributed by atoms with E-state index in [9.17, 15) is 13.7 Å². The Morgan fingerprint density at radius 1 is 1.29 bits per heavy atom. The molecule has 2 aliphatic heterocycles. The lowest BCUT2D eigenvalue weighted by atomic mass is 9.79.